The number of carbonyl (C=O) groups is 3. The molecule has 4 atom stereocenters. The summed E-state index contributed by atoms with van der Waals surface area (Å²) >= 11 is 0. The van der Waals surface area contributed by atoms with Crippen LogP contribution in [0.5, 0.6) is 0 Å². The highest BCUT2D eigenvalue weighted by Gasteiger charge is 2.44. The van der Waals surface area contributed by atoms with Crippen LogP contribution in [0.3, 0.4) is 0 Å². The number of ether oxygens (including phenoxy) is 5. The van der Waals surface area contributed by atoms with Crippen molar-refractivity contribution < 1.29 is 38.1 Å². The SMILES string of the molecule is CC(=O)OC[C@H]1O[C@@H](OC(C)C)C[C@@H](OC(C)=O)[C@@H]1OC(C)=O. The molecule has 0 spiro atoms. The van der Waals surface area contributed by atoms with Crippen LogP contribution in [-0.4, -0.2) is 55.2 Å². The van der Waals surface area contributed by atoms with Gasteiger partial charge in [0.25, 0.3) is 0 Å². The van der Waals surface area contributed by atoms with E-state index >= 15 is 0 Å². The zero-order valence-corrected chi connectivity index (χ0v) is 14.1. The van der Waals surface area contributed by atoms with E-state index in [2.05, 4.69) is 0 Å². The second-order valence-electron chi connectivity index (χ2n) is 5.55. The molecule has 8 nitrogen and oxygen atoms in total. The average molecular weight is 332 g/mol. The predicted molar refractivity (Wildman–Crippen MR) is 77.2 cm³/mol. The van der Waals surface area contributed by atoms with Gasteiger partial charge in [0.1, 0.15) is 18.8 Å². The summed E-state index contributed by atoms with van der Waals surface area (Å²) in [5.74, 6) is -1.55. The molecule has 0 amide bonds. The van der Waals surface area contributed by atoms with Crippen molar-refractivity contribution in [3.8, 4) is 0 Å². The van der Waals surface area contributed by atoms with Crippen molar-refractivity contribution in [2.75, 3.05) is 6.61 Å². The molecular formula is C15H24O8. The lowest BCUT2D eigenvalue weighted by Gasteiger charge is -2.40. The molecule has 1 saturated heterocycles. The Labute approximate surface area is 135 Å². The summed E-state index contributed by atoms with van der Waals surface area (Å²) in [4.78, 5) is 33.7. The molecular weight excluding hydrogens is 308 g/mol. The molecule has 0 unspecified atom stereocenters. The van der Waals surface area contributed by atoms with Crippen LogP contribution < -0.4 is 0 Å². The van der Waals surface area contributed by atoms with Crippen LogP contribution in [0.15, 0.2) is 0 Å². The first-order valence-corrected chi connectivity index (χ1v) is 7.47. The minimum absolute atomic E-state index is 0.113. The molecule has 0 aromatic rings. The van der Waals surface area contributed by atoms with Gasteiger partial charge in [0.2, 0.25) is 0 Å². The van der Waals surface area contributed by atoms with Gasteiger partial charge < -0.3 is 23.7 Å². The summed E-state index contributed by atoms with van der Waals surface area (Å²) in [6.07, 6.45) is -2.96. The topological polar surface area (TPSA) is 97.4 Å². The molecule has 1 heterocycles. The third-order valence-corrected chi connectivity index (χ3v) is 2.98. The molecule has 132 valence electrons. The van der Waals surface area contributed by atoms with Crippen LogP contribution in [0.25, 0.3) is 0 Å². The molecule has 0 saturated carbocycles. The third kappa shape index (κ3) is 6.96. The van der Waals surface area contributed by atoms with Gasteiger partial charge in [0.05, 0.1) is 6.10 Å². The summed E-state index contributed by atoms with van der Waals surface area (Å²) in [5, 5.41) is 0. The van der Waals surface area contributed by atoms with Gasteiger partial charge >= 0.3 is 17.9 Å². The Kier molecular flexibility index (Phi) is 7.44. The minimum atomic E-state index is -0.872. The molecule has 0 bridgehead atoms. The second-order valence-corrected chi connectivity index (χ2v) is 5.55. The second kappa shape index (κ2) is 8.83. The first-order chi connectivity index (χ1) is 10.7. The zero-order chi connectivity index (χ0) is 17.6. The molecule has 1 aliphatic heterocycles. The minimum Gasteiger partial charge on any atom is -0.463 e. The summed E-state index contributed by atoms with van der Waals surface area (Å²) in [7, 11) is 0. The van der Waals surface area contributed by atoms with E-state index < -0.39 is 42.5 Å². The van der Waals surface area contributed by atoms with E-state index in [1.54, 1.807) is 0 Å². The highest BCUT2D eigenvalue weighted by atomic mass is 16.7. The Bertz CT molecular complexity index is 433. The van der Waals surface area contributed by atoms with Gasteiger partial charge in [0, 0.05) is 27.2 Å². The van der Waals surface area contributed by atoms with E-state index in [9.17, 15) is 14.4 Å². The van der Waals surface area contributed by atoms with Crippen LogP contribution in [0, 0.1) is 0 Å². The Morgan fingerprint density at radius 1 is 1.04 bits per heavy atom. The molecule has 8 heteroatoms. The summed E-state index contributed by atoms with van der Waals surface area (Å²) < 4.78 is 26.7. The number of hydrogen-bond donors (Lipinski definition) is 0. The summed E-state index contributed by atoms with van der Waals surface area (Å²) in [6, 6.07) is 0. The van der Waals surface area contributed by atoms with Crippen molar-refractivity contribution >= 4 is 17.9 Å². The summed E-state index contributed by atoms with van der Waals surface area (Å²) in [6.45, 7) is 7.30. The highest BCUT2D eigenvalue weighted by molar-refractivity contribution is 5.67. The van der Waals surface area contributed by atoms with Crippen molar-refractivity contribution in [2.24, 2.45) is 0 Å². The van der Waals surface area contributed by atoms with Crippen molar-refractivity contribution in [1.29, 1.82) is 0 Å². The molecule has 0 aromatic carbocycles. The fourth-order valence-corrected chi connectivity index (χ4v) is 2.29. The monoisotopic (exact) mass is 332 g/mol. The quantitative estimate of drug-likeness (QED) is 0.524. The van der Waals surface area contributed by atoms with Crippen LogP contribution in [0.2, 0.25) is 0 Å². The van der Waals surface area contributed by atoms with Gasteiger partial charge in [-0.25, -0.2) is 0 Å². The van der Waals surface area contributed by atoms with E-state index in [-0.39, 0.29) is 19.1 Å². The fraction of sp³-hybridized carbons (Fsp3) is 0.800. The van der Waals surface area contributed by atoms with Crippen molar-refractivity contribution in [3.05, 3.63) is 0 Å². The maximum absolute atomic E-state index is 11.3. The van der Waals surface area contributed by atoms with Crippen molar-refractivity contribution in [1.82, 2.24) is 0 Å². The van der Waals surface area contributed by atoms with Crippen LogP contribution in [0.1, 0.15) is 41.0 Å². The van der Waals surface area contributed by atoms with Gasteiger partial charge in [-0.2, -0.15) is 0 Å². The van der Waals surface area contributed by atoms with E-state index in [0.717, 1.165) is 0 Å². The molecule has 0 aliphatic carbocycles. The Hall–Kier alpha value is -1.67. The van der Waals surface area contributed by atoms with Gasteiger partial charge in [-0.05, 0) is 13.8 Å². The lowest BCUT2D eigenvalue weighted by molar-refractivity contribution is -0.273. The van der Waals surface area contributed by atoms with Gasteiger partial charge in [-0.1, -0.05) is 0 Å². The molecule has 1 rings (SSSR count). The maximum atomic E-state index is 11.3. The molecule has 1 aliphatic rings. The first kappa shape index (κ1) is 19.4. The van der Waals surface area contributed by atoms with E-state index in [0.29, 0.717) is 0 Å². The molecule has 1 fully saturated rings. The predicted octanol–water partition coefficient (Wildman–Crippen LogP) is 0.953. The molecule has 0 N–H and O–H groups in total. The number of esters is 3. The van der Waals surface area contributed by atoms with E-state index in [4.69, 9.17) is 23.7 Å². The zero-order valence-electron chi connectivity index (χ0n) is 14.1. The normalized spacial score (nSPS) is 27.4. The van der Waals surface area contributed by atoms with Crippen LogP contribution >= 0.6 is 0 Å². The fourth-order valence-electron chi connectivity index (χ4n) is 2.29. The van der Waals surface area contributed by atoms with Gasteiger partial charge in [-0.15, -0.1) is 0 Å². The van der Waals surface area contributed by atoms with Crippen molar-refractivity contribution in [3.63, 3.8) is 0 Å². The Morgan fingerprint density at radius 3 is 2.13 bits per heavy atom. The average Bonchev–Trinajstić information content (AvgIpc) is 2.37. The maximum Gasteiger partial charge on any atom is 0.303 e. The van der Waals surface area contributed by atoms with Crippen LogP contribution in [0.4, 0.5) is 0 Å². The Morgan fingerprint density at radius 2 is 1.65 bits per heavy atom. The smallest absolute Gasteiger partial charge is 0.303 e. The highest BCUT2D eigenvalue weighted by Crippen LogP contribution is 2.27. The lowest BCUT2D eigenvalue weighted by Crippen LogP contribution is -2.54. The summed E-state index contributed by atoms with van der Waals surface area (Å²) in [5.41, 5.74) is 0. The van der Waals surface area contributed by atoms with Crippen LogP contribution in [-0.2, 0) is 38.1 Å². The van der Waals surface area contributed by atoms with Gasteiger partial charge in [0.15, 0.2) is 12.4 Å². The molecule has 0 aromatic heterocycles. The number of rotatable bonds is 6. The van der Waals surface area contributed by atoms with E-state index in [1.165, 1.54) is 20.8 Å². The number of carbonyl (C=O) groups excluding carboxylic acids is 3. The number of hydrogen-bond acceptors (Lipinski definition) is 8. The standard InChI is InChI=1S/C15H24O8/c1-8(2)20-14-6-12(21-10(4)17)15(22-11(5)18)13(23-14)7-19-9(3)16/h8,12-15H,6-7H2,1-5H3/t12-,13-,14-,15+/m1/s1. The lowest BCUT2D eigenvalue weighted by atomic mass is 10.0. The molecule has 23 heavy (non-hydrogen) atoms. The van der Waals surface area contributed by atoms with Crippen molar-refractivity contribution in [2.45, 2.75) is 71.7 Å². The van der Waals surface area contributed by atoms with Gasteiger partial charge in [-0.3, -0.25) is 14.4 Å². The first-order valence-electron chi connectivity index (χ1n) is 7.47. The Balaban J connectivity index is 2.92. The third-order valence-electron chi connectivity index (χ3n) is 2.98. The van der Waals surface area contributed by atoms with E-state index in [1.807, 2.05) is 13.8 Å². The molecule has 0 radical (unpaired) electrons. The largest absolute Gasteiger partial charge is 0.463 e.